The Morgan fingerprint density at radius 3 is 2.60 bits per heavy atom. The molecule has 9 heteroatoms. The van der Waals surface area contributed by atoms with Crippen molar-refractivity contribution in [2.45, 2.75) is 5.75 Å². The zero-order valence-electron chi connectivity index (χ0n) is 12.6. The van der Waals surface area contributed by atoms with Crippen LogP contribution in [0.5, 0.6) is 0 Å². The van der Waals surface area contributed by atoms with E-state index in [1.165, 1.54) is 11.8 Å². The number of nitrogens with zero attached hydrogens (tertiary/aromatic N) is 2. The van der Waals surface area contributed by atoms with Crippen LogP contribution in [0.25, 0.3) is 0 Å². The second-order valence-electron chi connectivity index (χ2n) is 4.71. The molecule has 0 amide bonds. The van der Waals surface area contributed by atoms with Crippen molar-refractivity contribution in [3.63, 3.8) is 0 Å². The summed E-state index contributed by atoms with van der Waals surface area (Å²) in [6.45, 7) is 0. The predicted octanol–water partition coefficient (Wildman–Crippen LogP) is 4.41. The summed E-state index contributed by atoms with van der Waals surface area (Å²) in [5, 5.41) is 16.1. The molecule has 0 radical (unpaired) electrons. The lowest BCUT2D eigenvalue weighted by molar-refractivity contribution is 0.0696. The van der Waals surface area contributed by atoms with Crippen LogP contribution in [0.4, 0.5) is 4.39 Å². The SMILES string of the molecule is NC(=NN=Cc1c(Cl)c(F)cc(C(=O)O)c1Cl)SCc1ccccc1. The molecule has 5 nitrogen and oxygen atoms in total. The van der Waals surface area contributed by atoms with Crippen LogP contribution in [-0.4, -0.2) is 22.5 Å². The van der Waals surface area contributed by atoms with Crippen molar-refractivity contribution in [3.05, 3.63) is 69.0 Å². The Kier molecular flexibility index (Phi) is 6.81. The summed E-state index contributed by atoms with van der Waals surface area (Å²) in [6, 6.07) is 10.4. The maximum absolute atomic E-state index is 13.7. The Hall–Kier alpha value is -2.09. The summed E-state index contributed by atoms with van der Waals surface area (Å²) < 4.78 is 13.7. The fraction of sp³-hybridized carbons (Fsp3) is 0.0625. The molecule has 3 N–H and O–H groups in total. The molecule has 0 unspecified atom stereocenters. The van der Waals surface area contributed by atoms with Gasteiger partial charge in [0.1, 0.15) is 5.82 Å². The van der Waals surface area contributed by atoms with E-state index in [0.29, 0.717) is 5.75 Å². The average Bonchev–Trinajstić information content (AvgIpc) is 2.60. The van der Waals surface area contributed by atoms with Gasteiger partial charge in [-0.25, -0.2) is 9.18 Å². The van der Waals surface area contributed by atoms with Gasteiger partial charge in [-0.2, -0.15) is 5.10 Å². The average molecular weight is 400 g/mol. The zero-order chi connectivity index (χ0) is 18.4. The number of amidine groups is 1. The van der Waals surface area contributed by atoms with Crippen LogP contribution >= 0.6 is 35.0 Å². The molecule has 0 aromatic heterocycles. The van der Waals surface area contributed by atoms with E-state index in [1.807, 2.05) is 30.3 Å². The van der Waals surface area contributed by atoms with Gasteiger partial charge in [0.15, 0.2) is 5.17 Å². The Labute approximate surface area is 157 Å². The number of benzene rings is 2. The van der Waals surface area contributed by atoms with E-state index in [-0.39, 0.29) is 20.8 Å². The van der Waals surface area contributed by atoms with Crippen LogP contribution in [0.3, 0.4) is 0 Å². The van der Waals surface area contributed by atoms with Gasteiger partial charge < -0.3 is 10.8 Å². The number of thioether (sulfide) groups is 1. The van der Waals surface area contributed by atoms with Gasteiger partial charge >= 0.3 is 5.97 Å². The normalized spacial score (nSPS) is 11.9. The summed E-state index contributed by atoms with van der Waals surface area (Å²) in [5.74, 6) is -1.69. The van der Waals surface area contributed by atoms with Crippen molar-refractivity contribution in [1.29, 1.82) is 0 Å². The van der Waals surface area contributed by atoms with Crippen LogP contribution in [0.1, 0.15) is 21.5 Å². The van der Waals surface area contributed by atoms with E-state index in [4.69, 9.17) is 34.0 Å². The number of aromatic carboxylic acids is 1. The number of carboxylic acids is 1. The minimum Gasteiger partial charge on any atom is -0.478 e. The molecule has 2 aromatic rings. The molecule has 0 fully saturated rings. The highest BCUT2D eigenvalue weighted by atomic mass is 35.5. The number of carboxylic acid groups (broad SMARTS) is 1. The molecule has 130 valence electrons. The highest BCUT2D eigenvalue weighted by molar-refractivity contribution is 8.13. The summed E-state index contributed by atoms with van der Waals surface area (Å²) >= 11 is 13.0. The maximum atomic E-state index is 13.7. The molecule has 2 rings (SSSR count). The highest BCUT2D eigenvalue weighted by Crippen LogP contribution is 2.29. The zero-order valence-corrected chi connectivity index (χ0v) is 14.9. The number of carbonyl (C=O) groups is 1. The molecule has 2 aromatic carbocycles. The minimum absolute atomic E-state index is 0.0784. The second-order valence-corrected chi connectivity index (χ2v) is 6.46. The lowest BCUT2D eigenvalue weighted by atomic mass is 10.1. The molecular formula is C16H12Cl2FN3O2S. The molecule has 0 aliphatic carbocycles. The fourth-order valence-electron chi connectivity index (χ4n) is 1.80. The van der Waals surface area contributed by atoms with Gasteiger partial charge in [0.2, 0.25) is 0 Å². The van der Waals surface area contributed by atoms with Gasteiger partial charge in [-0.05, 0) is 11.6 Å². The van der Waals surface area contributed by atoms with Gasteiger partial charge in [0.25, 0.3) is 0 Å². The number of hydrogen-bond acceptors (Lipinski definition) is 4. The van der Waals surface area contributed by atoms with Crippen LogP contribution in [-0.2, 0) is 5.75 Å². The molecule has 0 aliphatic heterocycles. The topological polar surface area (TPSA) is 88.0 Å². The van der Waals surface area contributed by atoms with E-state index in [0.717, 1.165) is 17.8 Å². The van der Waals surface area contributed by atoms with Crippen LogP contribution in [0.15, 0.2) is 46.6 Å². The van der Waals surface area contributed by atoms with E-state index < -0.39 is 17.3 Å². The largest absolute Gasteiger partial charge is 0.478 e. The van der Waals surface area contributed by atoms with E-state index in [2.05, 4.69) is 10.2 Å². The Bertz CT molecular complexity index is 845. The smallest absolute Gasteiger partial charge is 0.337 e. The van der Waals surface area contributed by atoms with Crippen LogP contribution in [0, 0.1) is 5.82 Å². The minimum atomic E-state index is -1.38. The van der Waals surface area contributed by atoms with Crippen molar-refractivity contribution in [2.75, 3.05) is 0 Å². The van der Waals surface area contributed by atoms with E-state index in [1.54, 1.807) is 0 Å². The first-order chi connectivity index (χ1) is 11.9. The van der Waals surface area contributed by atoms with Crippen molar-refractivity contribution >= 4 is 52.3 Å². The monoisotopic (exact) mass is 399 g/mol. The molecule has 0 heterocycles. The predicted molar refractivity (Wildman–Crippen MR) is 100 cm³/mol. The van der Waals surface area contributed by atoms with Crippen molar-refractivity contribution < 1.29 is 14.3 Å². The van der Waals surface area contributed by atoms with E-state index in [9.17, 15) is 9.18 Å². The third-order valence-electron chi connectivity index (χ3n) is 2.99. The molecule has 0 saturated heterocycles. The molecule has 0 saturated carbocycles. The molecule has 0 atom stereocenters. The highest BCUT2D eigenvalue weighted by Gasteiger charge is 2.18. The van der Waals surface area contributed by atoms with Gasteiger partial charge in [0.05, 0.1) is 21.8 Å². The lowest BCUT2D eigenvalue weighted by Crippen LogP contribution is -2.06. The van der Waals surface area contributed by atoms with Gasteiger partial charge in [-0.15, -0.1) is 5.10 Å². The molecule has 0 bridgehead atoms. The van der Waals surface area contributed by atoms with Crippen molar-refractivity contribution in [3.8, 4) is 0 Å². The molecule has 0 spiro atoms. The van der Waals surface area contributed by atoms with Gasteiger partial charge in [0, 0.05) is 11.3 Å². The number of hydrogen-bond donors (Lipinski definition) is 2. The number of halogens is 3. The molecule has 25 heavy (non-hydrogen) atoms. The van der Waals surface area contributed by atoms with Gasteiger partial charge in [-0.3, -0.25) is 0 Å². The first-order valence-electron chi connectivity index (χ1n) is 6.84. The summed E-state index contributed by atoms with van der Waals surface area (Å²) in [7, 11) is 0. The second kappa shape index (κ2) is 8.84. The summed E-state index contributed by atoms with van der Waals surface area (Å²) in [6.07, 6.45) is 1.07. The molecule has 0 aliphatic rings. The Morgan fingerprint density at radius 2 is 1.96 bits per heavy atom. The Balaban J connectivity index is 2.14. The number of rotatable bonds is 5. The lowest BCUT2D eigenvalue weighted by Gasteiger charge is -2.06. The van der Waals surface area contributed by atoms with Gasteiger partial charge in [-0.1, -0.05) is 65.3 Å². The van der Waals surface area contributed by atoms with Crippen LogP contribution in [0.2, 0.25) is 10.0 Å². The third kappa shape index (κ3) is 5.19. The number of nitrogens with two attached hydrogens (primary N) is 1. The first-order valence-corrected chi connectivity index (χ1v) is 8.58. The molecular weight excluding hydrogens is 388 g/mol. The van der Waals surface area contributed by atoms with E-state index >= 15 is 0 Å². The van der Waals surface area contributed by atoms with Crippen molar-refractivity contribution in [2.24, 2.45) is 15.9 Å². The quantitative estimate of drug-likeness (QED) is 0.337. The van der Waals surface area contributed by atoms with Crippen molar-refractivity contribution in [1.82, 2.24) is 0 Å². The standard InChI is InChI=1S/C16H12Cl2FN3O2S/c17-13-10(15(23)24)6-12(19)14(18)11(13)7-21-22-16(20)25-8-9-4-2-1-3-5-9/h1-7H,8H2,(H2,20,22)(H,23,24). The summed E-state index contributed by atoms with van der Waals surface area (Å²) in [5.41, 5.74) is 6.31. The Morgan fingerprint density at radius 1 is 1.28 bits per heavy atom. The fourth-order valence-corrected chi connectivity index (χ4v) is 2.93. The first kappa shape index (κ1) is 19.2. The third-order valence-corrected chi connectivity index (χ3v) is 4.64. The summed E-state index contributed by atoms with van der Waals surface area (Å²) in [4.78, 5) is 11.0. The van der Waals surface area contributed by atoms with Crippen LogP contribution < -0.4 is 5.73 Å². The maximum Gasteiger partial charge on any atom is 0.337 e.